The fourth-order valence-corrected chi connectivity index (χ4v) is 2.70. The molecule has 1 fully saturated rings. The van der Waals surface area contributed by atoms with Crippen LogP contribution in [0.1, 0.15) is 48.5 Å². The number of carbonyl (C=O) groups excluding carboxylic acids is 1. The van der Waals surface area contributed by atoms with E-state index in [1.807, 2.05) is 60.6 Å². The molecule has 134 valence electrons. The molecule has 0 amide bonds. The van der Waals surface area contributed by atoms with E-state index in [1.54, 1.807) is 12.3 Å². The maximum absolute atomic E-state index is 12.8. The van der Waals surface area contributed by atoms with Crippen molar-refractivity contribution >= 4 is 29.8 Å². The van der Waals surface area contributed by atoms with E-state index in [9.17, 15) is 4.79 Å². The van der Waals surface area contributed by atoms with Gasteiger partial charge in [0.05, 0.1) is 27.8 Å². The van der Waals surface area contributed by atoms with Gasteiger partial charge in [-0.05, 0) is 66.7 Å². The van der Waals surface area contributed by atoms with Crippen molar-refractivity contribution in [2.24, 2.45) is 0 Å². The standard InChI is InChI=1S/C18H25BN2O4/c1-16(2,3)23-15(22)21-13-9-8-10-20-12(13)11-14(21)19-24-17(4,5)18(6,7)25-19/h8-11H,1-7H3. The molecule has 0 N–H and O–H groups in total. The Morgan fingerprint density at radius 3 is 2.36 bits per heavy atom. The van der Waals surface area contributed by atoms with Crippen LogP contribution >= 0.6 is 0 Å². The second-order valence-electron chi connectivity index (χ2n) is 8.38. The normalized spacial score (nSPS) is 19.4. The Kier molecular flexibility index (Phi) is 4.00. The Labute approximate surface area is 148 Å². The van der Waals surface area contributed by atoms with E-state index in [1.165, 1.54) is 4.57 Å². The van der Waals surface area contributed by atoms with Crippen molar-refractivity contribution in [3.63, 3.8) is 0 Å². The number of fused-ring (bicyclic) bond motifs is 1. The Balaban J connectivity index is 2.10. The van der Waals surface area contributed by atoms with Gasteiger partial charge in [0.1, 0.15) is 5.60 Å². The van der Waals surface area contributed by atoms with Crippen LogP contribution < -0.4 is 5.59 Å². The Morgan fingerprint density at radius 1 is 1.20 bits per heavy atom. The van der Waals surface area contributed by atoms with Gasteiger partial charge in [0.15, 0.2) is 0 Å². The Morgan fingerprint density at radius 2 is 1.80 bits per heavy atom. The largest absolute Gasteiger partial charge is 0.513 e. The summed E-state index contributed by atoms with van der Waals surface area (Å²) in [5.74, 6) is 0. The van der Waals surface area contributed by atoms with Gasteiger partial charge in [0.2, 0.25) is 0 Å². The third kappa shape index (κ3) is 3.18. The highest BCUT2D eigenvalue weighted by molar-refractivity contribution is 6.62. The number of carbonyl (C=O) groups is 1. The minimum Gasteiger partial charge on any atom is -0.443 e. The number of aromatic nitrogens is 2. The zero-order valence-electron chi connectivity index (χ0n) is 15.9. The lowest BCUT2D eigenvalue weighted by Gasteiger charge is -2.32. The van der Waals surface area contributed by atoms with Crippen LogP contribution in [0.4, 0.5) is 4.79 Å². The van der Waals surface area contributed by atoms with Crippen molar-refractivity contribution in [1.29, 1.82) is 0 Å². The summed E-state index contributed by atoms with van der Waals surface area (Å²) in [6.07, 6.45) is 1.22. The minimum atomic E-state index is -0.674. The van der Waals surface area contributed by atoms with E-state index in [2.05, 4.69) is 4.98 Å². The van der Waals surface area contributed by atoms with Gasteiger partial charge in [0.25, 0.3) is 0 Å². The monoisotopic (exact) mass is 344 g/mol. The maximum Gasteiger partial charge on any atom is 0.513 e. The topological polar surface area (TPSA) is 62.6 Å². The molecule has 0 atom stereocenters. The highest BCUT2D eigenvalue weighted by Gasteiger charge is 2.53. The second kappa shape index (κ2) is 5.57. The first-order valence-corrected chi connectivity index (χ1v) is 8.47. The van der Waals surface area contributed by atoms with Crippen LogP contribution in [0.2, 0.25) is 0 Å². The van der Waals surface area contributed by atoms with E-state index >= 15 is 0 Å². The van der Waals surface area contributed by atoms with E-state index in [4.69, 9.17) is 14.0 Å². The lowest BCUT2D eigenvalue weighted by molar-refractivity contribution is 0.00578. The Bertz CT molecular complexity index is 804. The lowest BCUT2D eigenvalue weighted by Crippen LogP contribution is -2.43. The molecule has 0 spiro atoms. The smallest absolute Gasteiger partial charge is 0.443 e. The van der Waals surface area contributed by atoms with Gasteiger partial charge in [-0.1, -0.05) is 0 Å². The van der Waals surface area contributed by atoms with Crippen LogP contribution in [0, 0.1) is 0 Å². The van der Waals surface area contributed by atoms with Gasteiger partial charge in [-0.2, -0.15) is 0 Å². The molecule has 3 heterocycles. The molecule has 0 saturated carbocycles. The molecule has 0 aliphatic carbocycles. The summed E-state index contributed by atoms with van der Waals surface area (Å²) in [6, 6.07) is 5.44. The zero-order valence-corrected chi connectivity index (χ0v) is 15.9. The molecule has 0 aromatic carbocycles. The maximum atomic E-state index is 12.8. The number of rotatable bonds is 1. The summed E-state index contributed by atoms with van der Waals surface area (Å²) in [5, 5.41) is 0. The van der Waals surface area contributed by atoms with Crippen molar-refractivity contribution in [2.75, 3.05) is 0 Å². The van der Waals surface area contributed by atoms with Crippen LogP contribution in [0.5, 0.6) is 0 Å². The molecule has 0 unspecified atom stereocenters. The highest BCUT2D eigenvalue weighted by Crippen LogP contribution is 2.36. The van der Waals surface area contributed by atoms with Crippen molar-refractivity contribution < 1.29 is 18.8 Å². The summed E-state index contributed by atoms with van der Waals surface area (Å²) in [5.41, 5.74) is 0.338. The zero-order chi connectivity index (χ0) is 18.6. The average molecular weight is 344 g/mol. The molecule has 25 heavy (non-hydrogen) atoms. The first-order valence-electron chi connectivity index (χ1n) is 8.47. The van der Waals surface area contributed by atoms with Gasteiger partial charge in [-0.3, -0.25) is 9.55 Å². The molecular formula is C18H25BN2O4. The first kappa shape index (κ1) is 18.0. The van der Waals surface area contributed by atoms with Crippen LogP contribution in [0.25, 0.3) is 11.0 Å². The predicted molar refractivity (Wildman–Crippen MR) is 97.1 cm³/mol. The molecule has 0 bridgehead atoms. The minimum absolute atomic E-state index is 0.472. The number of hydrogen-bond acceptors (Lipinski definition) is 5. The predicted octanol–water partition coefficient (Wildman–Crippen LogP) is 3.12. The van der Waals surface area contributed by atoms with Crippen molar-refractivity contribution in [3.05, 3.63) is 24.4 Å². The molecular weight excluding hydrogens is 319 g/mol. The molecule has 0 radical (unpaired) electrons. The van der Waals surface area contributed by atoms with Gasteiger partial charge in [-0.25, -0.2) is 4.79 Å². The van der Waals surface area contributed by atoms with Crippen LogP contribution in [0.15, 0.2) is 24.4 Å². The molecule has 3 rings (SSSR count). The molecule has 6 nitrogen and oxygen atoms in total. The fourth-order valence-electron chi connectivity index (χ4n) is 2.70. The number of pyridine rings is 1. The first-order chi connectivity index (χ1) is 11.4. The second-order valence-corrected chi connectivity index (χ2v) is 8.38. The SMILES string of the molecule is CC(C)(C)OC(=O)n1c(B2OC(C)(C)C(C)(C)O2)cc2ncccc21. The van der Waals surface area contributed by atoms with Crippen LogP contribution in [-0.2, 0) is 14.0 Å². The summed E-state index contributed by atoms with van der Waals surface area (Å²) >= 11 is 0. The highest BCUT2D eigenvalue weighted by atomic mass is 16.7. The van der Waals surface area contributed by atoms with Gasteiger partial charge >= 0.3 is 13.2 Å². The molecule has 2 aromatic heterocycles. The van der Waals surface area contributed by atoms with E-state index < -0.39 is 30.0 Å². The van der Waals surface area contributed by atoms with E-state index in [-0.39, 0.29) is 0 Å². The third-order valence-electron chi connectivity index (χ3n) is 4.67. The fraction of sp³-hybridized carbons (Fsp3) is 0.556. The van der Waals surface area contributed by atoms with Gasteiger partial charge in [0, 0.05) is 6.20 Å². The van der Waals surface area contributed by atoms with Crippen LogP contribution in [-0.4, -0.2) is 39.6 Å². The average Bonchev–Trinajstić information content (AvgIpc) is 2.92. The molecule has 7 heteroatoms. The molecule has 2 aromatic rings. The van der Waals surface area contributed by atoms with Crippen LogP contribution in [0.3, 0.4) is 0 Å². The summed E-state index contributed by atoms with van der Waals surface area (Å²) in [7, 11) is -0.674. The quantitative estimate of drug-likeness (QED) is 0.744. The summed E-state index contributed by atoms with van der Waals surface area (Å²) in [6.45, 7) is 13.4. The number of hydrogen-bond donors (Lipinski definition) is 0. The van der Waals surface area contributed by atoms with E-state index in [0.29, 0.717) is 16.6 Å². The molecule has 1 saturated heterocycles. The van der Waals surface area contributed by atoms with E-state index in [0.717, 1.165) is 0 Å². The molecule has 1 aliphatic rings. The Hall–Kier alpha value is -1.86. The number of ether oxygens (including phenoxy) is 1. The third-order valence-corrected chi connectivity index (χ3v) is 4.67. The summed E-state index contributed by atoms with van der Waals surface area (Å²) < 4.78 is 19.3. The van der Waals surface area contributed by atoms with Crippen molar-refractivity contribution in [3.8, 4) is 0 Å². The van der Waals surface area contributed by atoms with Crippen molar-refractivity contribution in [1.82, 2.24) is 9.55 Å². The van der Waals surface area contributed by atoms with Crippen molar-refractivity contribution in [2.45, 2.75) is 65.3 Å². The van der Waals surface area contributed by atoms with Gasteiger partial charge < -0.3 is 14.0 Å². The summed E-state index contributed by atoms with van der Waals surface area (Å²) in [4.78, 5) is 17.2. The van der Waals surface area contributed by atoms with Gasteiger partial charge in [-0.15, -0.1) is 0 Å². The lowest BCUT2D eigenvalue weighted by atomic mass is 9.84. The molecule has 1 aliphatic heterocycles. The number of nitrogens with zero attached hydrogens (tertiary/aromatic N) is 2.